The third-order valence-corrected chi connectivity index (χ3v) is 5.20. The van der Waals surface area contributed by atoms with E-state index in [-0.39, 0.29) is 35.6 Å². The van der Waals surface area contributed by atoms with Gasteiger partial charge in [-0.2, -0.15) is 0 Å². The van der Waals surface area contributed by atoms with Crippen molar-refractivity contribution in [3.05, 3.63) is 46.5 Å². The maximum absolute atomic E-state index is 7.56. The Morgan fingerprint density at radius 3 is 2.50 bits per heavy atom. The first-order valence-electron chi connectivity index (χ1n) is 14.1. The number of hydrogen-bond acceptors (Lipinski definition) is 5. The van der Waals surface area contributed by atoms with Crippen molar-refractivity contribution in [3.63, 3.8) is 0 Å². The average Bonchev–Trinajstić information content (AvgIpc) is 2.71. The van der Waals surface area contributed by atoms with E-state index in [1.807, 2.05) is 4.90 Å². The standard InChI is InChI=1S/C21H25NO4/c1-23-18-6-5-13-9-17-15-11-20(25-3)19(24-2)10-14(15)7-8-22(17)12-16(13)21(18)26-4/h5-6,10-11,17H,7-9,12H2,1-4H3/t17-/m0/s1/i1D3,2D3,3D3,4D3. The topological polar surface area (TPSA) is 40.2 Å². The van der Waals surface area contributed by atoms with E-state index < -0.39 is 28.2 Å². The number of hydrogen-bond donors (Lipinski definition) is 0. The molecule has 0 bridgehead atoms. The lowest BCUT2D eigenvalue weighted by atomic mass is 9.83. The molecule has 0 unspecified atom stereocenters. The molecular formula is C21H25NO4. The number of rotatable bonds is 4. The molecule has 0 N–H and O–H groups in total. The molecule has 0 spiro atoms. The maximum Gasteiger partial charge on any atom is 0.165 e. The van der Waals surface area contributed by atoms with Crippen molar-refractivity contribution in [2.75, 3.05) is 34.7 Å². The van der Waals surface area contributed by atoms with Crippen molar-refractivity contribution in [1.82, 2.24) is 4.90 Å². The normalized spacial score (nSPS) is 27.2. The Kier molecular flexibility index (Phi) is 2.09. The summed E-state index contributed by atoms with van der Waals surface area (Å²) in [5.74, 6) is -0.823. The van der Waals surface area contributed by atoms with Gasteiger partial charge in [0, 0.05) is 24.7 Å². The maximum atomic E-state index is 7.56. The zero-order valence-electron chi connectivity index (χ0n) is 25.8. The second kappa shape index (κ2) is 6.72. The molecule has 2 aliphatic rings. The van der Waals surface area contributed by atoms with Gasteiger partial charge in [0.25, 0.3) is 0 Å². The van der Waals surface area contributed by atoms with Gasteiger partial charge in [0.2, 0.25) is 0 Å². The molecule has 26 heavy (non-hydrogen) atoms. The third kappa shape index (κ3) is 2.58. The Labute approximate surface area is 171 Å². The number of nitrogens with zero attached hydrogens (tertiary/aromatic N) is 1. The highest BCUT2D eigenvalue weighted by Gasteiger charge is 2.34. The largest absolute Gasteiger partial charge is 0.493 e. The predicted octanol–water partition coefficient (Wildman–Crippen LogP) is 3.38. The summed E-state index contributed by atoms with van der Waals surface area (Å²) in [5.41, 5.74) is 2.63. The van der Waals surface area contributed by atoms with Crippen molar-refractivity contribution < 1.29 is 35.4 Å². The highest BCUT2D eigenvalue weighted by atomic mass is 16.5. The molecule has 0 aliphatic carbocycles. The van der Waals surface area contributed by atoms with E-state index in [4.69, 9.17) is 35.4 Å². The number of fused-ring (bicyclic) bond motifs is 4. The van der Waals surface area contributed by atoms with Gasteiger partial charge in [-0.1, -0.05) is 6.07 Å². The Bertz CT molecular complexity index is 1200. The van der Waals surface area contributed by atoms with E-state index >= 15 is 0 Å². The first-order chi connectivity index (χ1) is 17.3. The molecule has 4 rings (SSSR count). The number of methoxy groups -OCH3 is 4. The van der Waals surface area contributed by atoms with E-state index in [1.165, 1.54) is 18.2 Å². The molecule has 2 aromatic carbocycles. The smallest absolute Gasteiger partial charge is 0.165 e. The van der Waals surface area contributed by atoms with Crippen LogP contribution in [0.3, 0.4) is 0 Å². The molecule has 0 saturated heterocycles. The fourth-order valence-corrected chi connectivity index (χ4v) is 3.96. The zero-order chi connectivity index (χ0) is 28.3. The molecule has 2 heterocycles. The van der Waals surface area contributed by atoms with Crippen LogP contribution in [0.15, 0.2) is 24.3 Å². The highest BCUT2D eigenvalue weighted by Crippen LogP contribution is 2.45. The molecule has 5 nitrogen and oxygen atoms in total. The Morgan fingerprint density at radius 2 is 1.69 bits per heavy atom. The van der Waals surface area contributed by atoms with Gasteiger partial charge in [-0.05, 0) is 47.7 Å². The van der Waals surface area contributed by atoms with Crippen LogP contribution in [0.25, 0.3) is 0 Å². The zero-order valence-corrected chi connectivity index (χ0v) is 13.8. The monoisotopic (exact) mass is 367 g/mol. The van der Waals surface area contributed by atoms with Gasteiger partial charge in [-0.3, -0.25) is 4.90 Å². The molecule has 0 saturated carbocycles. The van der Waals surface area contributed by atoms with Crippen molar-refractivity contribution in [2.24, 2.45) is 0 Å². The molecular weight excluding hydrogens is 330 g/mol. The lowest BCUT2D eigenvalue weighted by Gasteiger charge is -2.42. The molecule has 0 aromatic heterocycles. The van der Waals surface area contributed by atoms with Crippen LogP contribution < -0.4 is 18.9 Å². The van der Waals surface area contributed by atoms with Crippen LogP contribution in [0.4, 0.5) is 0 Å². The van der Waals surface area contributed by atoms with Crippen molar-refractivity contribution in [3.8, 4) is 23.0 Å². The summed E-state index contributed by atoms with van der Waals surface area (Å²) in [6, 6.07) is 5.65. The minimum absolute atomic E-state index is 0.171. The van der Waals surface area contributed by atoms with Crippen molar-refractivity contribution >= 4 is 0 Å². The van der Waals surface area contributed by atoms with E-state index in [9.17, 15) is 0 Å². The number of benzene rings is 2. The van der Waals surface area contributed by atoms with Gasteiger partial charge in [-0.15, -0.1) is 0 Å². The van der Waals surface area contributed by atoms with E-state index in [0.717, 1.165) is 5.56 Å². The summed E-state index contributed by atoms with van der Waals surface area (Å²) in [7, 11) is -11.3. The summed E-state index contributed by atoms with van der Waals surface area (Å²) in [5, 5.41) is 0. The Hall–Kier alpha value is -2.40. The van der Waals surface area contributed by atoms with Gasteiger partial charge in [0.05, 0.1) is 44.6 Å². The van der Waals surface area contributed by atoms with Crippen LogP contribution in [-0.4, -0.2) is 39.6 Å². The van der Waals surface area contributed by atoms with Crippen LogP contribution in [0, 0.1) is 0 Å². The quantitative estimate of drug-likeness (QED) is 0.829. The third-order valence-electron chi connectivity index (χ3n) is 5.20. The van der Waals surface area contributed by atoms with Gasteiger partial charge in [-0.25, -0.2) is 0 Å². The molecule has 2 aromatic rings. The summed E-state index contributed by atoms with van der Waals surface area (Å²) in [4.78, 5) is 2.01. The molecule has 0 radical (unpaired) electrons. The van der Waals surface area contributed by atoms with Gasteiger partial charge in [0.1, 0.15) is 0 Å². The Morgan fingerprint density at radius 1 is 0.923 bits per heavy atom. The van der Waals surface area contributed by atoms with Gasteiger partial charge >= 0.3 is 0 Å². The van der Waals surface area contributed by atoms with E-state index in [2.05, 4.69) is 0 Å². The first-order valence-corrected chi connectivity index (χ1v) is 8.10. The minimum Gasteiger partial charge on any atom is -0.493 e. The minimum atomic E-state index is -2.85. The first kappa shape index (κ1) is 8.09. The van der Waals surface area contributed by atoms with Crippen LogP contribution >= 0.6 is 0 Å². The summed E-state index contributed by atoms with van der Waals surface area (Å²) in [6.45, 7) is 0.688. The van der Waals surface area contributed by atoms with Crippen LogP contribution in [0.5, 0.6) is 23.0 Å². The van der Waals surface area contributed by atoms with Crippen LogP contribution in [-0.2, 0) is 19.4 Å². The summed E-state index contributed by atoms with van der Waals surface area (Å²) >= 11 is 0. The fraction of sp³-hybridized carbons (Fsp3) is 0.429. The van der Waals surface area contributed by atoms with E-state index in [1.54, 1.807) is 6.07 Å². The SMILES string of the molecule is [2H]C([2H])([2H])Oc1cc2c(cc1OC([2H])([2H])[2H])[C@@H]1Cc3ccc(OC([2H])([2H])[2H])c(OC([2H])([2H])[2H])c3CN1CC2. The summed E-state index contributed by atoms with van der Waals surface area (Å²) < 4.78 is 110. The van der Waals surface area contributed by atoms with Crippen LogP contribution in [0.2, 0.25) is 0 Å². The molecule has 5 heteroatoms. The summed E-state index contributed by atoms with van der Waals surface area (Å²) in [6.07, 6.45) is 0.800. The molecule has 0 amide bonds. The predicted molar refractivity (Wildman–Crippen MR) is 99.7 cm³/mol. The van der Waals surface area contributed by atoms with Crippen LogP contribution in [0.1, 0.15) is 44.7 Å². The molecule has 0 fully saturated rings. The van der Waals surface area contributed by atoms with Gasteiger partial charge in [0.15, 0.2) is 23.0 Å². The molecule has 138 valence electrons. The van der Waals surface area contributed by atoms with Crippen molar-refractivity contribution in [1.29, 1.82) is 0 Å². The fourth-order valence-electron chi connectivity index (χ4n) is 3.96. The van der Waals surface area contributed by atoms with Crippen molar-refractivity contribution in [2.45, 2.75) is 25.4 Å². The second-order valence-corrected chi connectivity index (χ2v) is 6.38. The average molecular weight is 368 g/mol. The lowest BCUT2D eigenvalue weighted by molar-refractivity contribution is 0.157. The Balaban J connectivity index is 1.76. The number of ether oxygens (including phenoxy) is 4. The second-order valence-electron chi connectivity index (χ2n) is 6.38. The molecule has 1 atom stereocenters. The molecule has 2 aliphatic heterocycles. The lowest BCUT2D eigenvalue weighted by Crippen LogP contribution is -2.39. The van der Waals surface area contributed by atoms with E-state index in [0.29, 0.717) is 36.1 Å². The van der Waals surface area contributed by atoms with Gasteiger partial charge < -0.3 is 18.9 Å². The highest BCUT2D eigenvalue weighted by molar-refractivity contribution is 5.54.